The van der Waals surface area contributed by atoms with E-state index >= 15 is 0 Å². The number of nitrogens with two attached hydrogens (primary N) is 1. The van der Waals surface area contributed by atoms with E-state index in [0.29, 0.717) is 50.3 Å². The molecule has 0 aliphatic carbocycles. The number of carbonyl (C=O) groups excluding carboxylic acids is 3. The van der Waals surface area contributed by atoms with Gasteiger partial charge in [-0.15, -0.1) is 0 Å². The number of hydrogen-bond donors (Lipinski definition) is 2. The first-order valence-electron chi connectivity index (χ1n) is 9.55. The highest BCUT2D eigenvalue weighted by molar-refractivity contribution is 5.79. The highest BCUT2D eigenvalue weighted by atomic mass is 16.5. The molecule has 1 aromatic carbocycles. The van der Waals surface area contributed by atoms with E-state index in [0.717, 1.165) is 11.1 Å². The zero-order chi connectivity index (χ0) is 21.4. The molecule has 29 heavy (non-hydrogen) atoms. The maximum absolute atomic E-state index is 12.9. The van der Waals surface area contributed by atoms with E-state index in [1.165, 1.54) is 7.11 Å². The monoisotopic (exact) mass is 407 g/mol. The second-order valence-corrected chi connectivity index (χ2v) is 6.79. The van der Waals surface area contributed by atoms with Gasteiger partial charge in [0.25, 0.3) is 0 Å². The summed E-state index contributed by atoms with van der Waals surface area (Å²) in [5.74, 6) is 0.734. The lowest BCUT2D eigenvalue weighted by atomic mass is 9.89. The summed E-state index contributed by atoms with van der Waals surface area (Å²) in [6.45, 7) is 0.927. The summed E-state index contributed by atoms with van der Waals surface area (Å²) < 4.78 is 15.6. The quantitative estimate of drug-likeness (QED) is 0.473. The number of urea groups is 1. The van der Waals surface area contributed by atoms with Gasteiger partial charge in [0.15, 0.2) is 11.5 Å². The number of amides is 3. The first-order chi connectivity index (χ1) is 13.9. The minimum Gasteiger partial charge on any atom is -0.493 e. The van der Waals surface area contributed by atoms with Gasteiger partial charge in [-0.3, -0.25) is 9.59 Å². The van der Waals surface area contributed by atoms with Crippen molar-refractivity contribution in [3.05, 3.63) is 23.3 Å². The second-order valence-electron chi connectivity index (χ2n) is 6.79. The van der Waals surface area contributed by atoms with E-state index in [1.54, 1.807) is 19.1 Å². The molecule has 3 amide bonds. The van der Waals surface area contributed by atoms with Gasteiger partial charge in [0, 0.05) is 19.5 Å². The Hall–Kier alpha value is -2.97. The van der Waals surface area contributed by atoms with Crippen LogP contribution in [-0.4, -0.2) is 57.2 Å². The number of benzene rings is 1. The predicted molar refractivity (Wildman–Crippen MR) is 106 cm³/mol. The van der Waals surface area contributed by atoms with Gasteiger partial charge in [-0.2, -0.15) is 0 Å². The van der Waals surface area contributed by atoms with Crippen molar-refractivity contribution in [2.45, 2.75) is 38.1 Å². The fourth-order valence-corrected chi connectivity index (χ4v) is 3.54. The molecule has 1 aliphatic heterocycles. The van der Waals surface area contributed by atoms with E-state index in [1.807, 2.05) is 12.1 Å². The van der Waals surface area contributed by atoms with Crippen LogP contribution in [0.5, 0.6) is 11.5 Å². The Morgan fingerprint density at radius 2 is 1.83 bits per heavy atom. The summed E-state index contributed by atoms with van der Waals surface area (Å²) in [6.07, 6.45) is 2.29. The lowest BCUT2D eigenvalue weighted by molar-refractivity contribution is -0.144. The fraction of sp³-hybridized carbons (Fsp3) is 0.550. The smallest absolute Gasteiger partial charge is 0.312 e. The predicted octanol–water partition coefficient (Wildman–Crippen LogP) is 1.53. The first-order valence-corrected chi connectivity index (χ1v) is 9.55. The molecule has 2 rings (SSSR count). The topological polar surface area (TPSA) is 120 Å². The molecule has 0 fully saturated rings. The molecule has 9 nitrogen and oxygen atoms in total. The van der Waals surface area contributed by atoms with E-state index in [4.69, 9.17) is 19.9 Å². The average molecular weight is 407 g/mol. The van der Waals surface area contributed by atoms with Gasteiger partial charge in [-0.05, 0) is 42.5 Å². The van der Waals surface area contributed by atoms with Gasteiger partial charge in [-0.25, -0.2) is 4.79 Å². The Labute approximate surface area is 170 Å². The molecular formula is C20H29N3O6. The number of carbonyl (C=O) groups is 3. The Kier molecular flexibility index (Phi) is 8.11. The van der Waals surface area contributed by atoms with Crippen molar-refractivity contribution in [1.29, 1.82) is 0 Å². The molecule has 0 aromatic heterocycles. The summed E-state index contributed by atoms with van der Waals surface area (Å²) in [5.41, 5.74) is 6.91. The van der Waals surface area contributed by atoms with Crippen LogP contribution in [-0.2, 0) is 20.7 Å². The van der Waals surface area contributed by atoms with Crippen molar-refractivity contribution >= 4 is 17.9 Å². The van der Waals surface area contributed by atoms with Crippen LogP contribution < -0.4 is 20.5 Å². The highest BCUT2D eigenvalue weighted by Crippen LogP contribution is 2.39. The van der Waals surface area contributed by atoms with Gasteiger partial charge in [-0.1, -0.05) is 0 Å². The van der Waals surface area contributed by atoms with Gasteiger partial charge in [0.1, 0.15) is 0 Å². The lowest BCUT2D eigenvalue weighted by Crippen LogP contribution is -2.41. The van der Waals surface area contributed by atoms with Crippen LogP contribution in [0.25, 0.3) is 0 Å². The van der Waals surface area contributed by atoms with E-state index < -0.39 is 12.1 Å². The molecule has 0 bridgehead atoms. The normalized spacial score (nSPS) is 15.3. The maximum Gasteiger partial charge on any atom is 0.312 e. The Morgan fingerprint density at radius 3 is 2.45 bits per heavy atom. The van der Waals surface area contributed by atoms with Gasteiger partial charge in [0.2, 0.25) is 5.91 Å². The Balaban J connectivity index is 2.19. The van der Waals surface area contributed by atoms with Crippen LogP contribution in [0, 0.1) is 0 Å². The third-order valence-electron chi connectivity index (χ3n) is 5.03. The third kappa shape index (κ3) is 5.75. The van der Waals surface area contributed by atoms with Crippen molar-refractivity contribution in [2.75, 3.05) is 34.4 Å². The number of fused-ring (bicyclic) bond motifs is 1. The molecule has 1 aliphatic rings. The molecule has 0 saturated heterocycles. The fourth-order valence-electron chi connectivity index (χ4n) is 3.54. The van der Waals surface area contributed by atoms with Crippen LogP contribution in [0.2, 0.25) is 0 Å². The Bertz CT molecular complexity index is 752. The highest BCUT2D eigenvalue weighted by Gasteiger charge is 2.33. The number of nitrogens with one attached hydrogen (secondary N) is 1. The van der Waals surface area contributed by atoms with Crippen molar-refractivity contribution in [3.63, 3.8) is 0 Å². The first kappa shape index (κ1) is 22.3. The van der Waals surface area contributed by atoms with Crippen molar-refractivity contribution in [3.8, 4) is 11.5 Å². The SMILES string of the molecule is COC(=O)C[C@@H]1c2cc(OC)c(OC)cc2CCN1C(=O)CCCCNC(N)=O. The summed E-state index contributed by atoms with van der Waals surface area (Å²) in [7, 11) is 4.45. The zero-order valence-corrected chi connectivity index (χ0v) is 17.2. The van der Waals surface area contributed by atoms with E-state index in [9.17, 15) is 14.4 Å². The van der Waals surface area contributed by atoms with Crippen LogP contribution >= 0.6 is 0 Å². The second kappa shape index (κ2) is 10.5. The number of unbranched alkanes of at least 4 members (excludes halogenated alkanes) is 1. The number of hydrogen-bond acceptors (Lipinski definition) is 6. The Morgan fingerprint density at radius 1 is 1.14 bits per heavy atom. The molecule has 1 heterocycles. The molecule has 0 spiro atoms. The van der Waals surface area contributed by atoms with Crippen LogP contribution in [0.15, 0.2) is 12.1 Å². The minimum absolute atomic E-state index is 0.0431. The van der Waals surface area contributed by atoms with Crippen molar-refractivity contribution < 1.29 is 28.6 Å². The standard InChI is InChI=1S/C20H29N3O6/c1-27-16-10-13-7-9-23(18(24)6-4-5-8-22-20(21)26)15(12-19(25)29-3)14(13)11-17(16)28-2/h10-11,15H,4-9,12H2,1-3H3,(H3,21,22,26)/t15-/m1/s1. The van der Waals surface area contributed by atoms with Crippen LogP contribution in [0.4, 0.5) is 4.79 Å². The minimum atomic E-state index is -0.577. The third-order valence-corrected chi connectivity index (χ3v) is 5.03. The van der Waals surface area contributed by atoms with E-state index in [2.05, 4.69) is 5.32 Å². The molecule has 160 valence electrons. The van der Waals surface area contributed by atoms with Crippen molar-refractivity contribution in [1.82, 2.24) is 10.2 Å². The molecule has 0 saturated carbocycles. The maximum atomic E-state index is 12.9. The van der Waals surface area contributed by atoms with Crippen LogP contribution in [0.3, 0.4) is 0 Å². The number of methoxy groups -OCH3 is 3. The number of ether oxygens (including phenoxy) is 3. The zero-order valence-electron chi connectivity index (χ0n) is 17.2. The number of primary amides is 1. The molecule has 1 atom stereocenters. The van der Waals surface area contributed by atoms with Gasteiger partial charge in [0.05, 0.1) is 33.8 Å². The number of nitrogens with zero attached hydrogens (tertiary/aromatic N) is 1. The summed E-state index contributed by atoms with van der Waals surface area (Å²) >= 11 is 0. The molecule has 0 unspecified atom stereocenters. The molecular weight excluding hydrogens is 378 g/mol. The largest absolute Gasteiger partial charge is 0.493 e. The van der Waals surface area contributed by atoms with Gasteiger partial charge < -0.3 is 30.2 Å². The summed E-state index contributed by atoms with van der Waals surface area (Å²) in [4.78, 5) is 37.3. The number of rotatable bonds is 9. The summed E-state index contributed by atoms with van der Waals surface area (Å²) in [6, 6.07) is 2.72. The molecule has 1 aromatic rings. The summed E-state index contributed by atoms with van der Waals surface area (Å²) in [5, 5.41) is 2.50. The number of esters is 1. The van der Waals surface area contributed by atoms with E-state index in [-0.39, 0.29) is 18.3 Å². The molecule has 0 radical (unpaired) electrons. The van der Waals surface area contributed by atoms with Crippen molar-refractivity contribution in [2.24, 2.45) is 5.73 Å². The van der Waals surface area contributed by atoms with Gasteiger partial charge >= 0.3 is 12.0 Å². The average Bonchev–Trinajstić information content (AvgIpc) is 2.71. The van der Waals surface area contributed by atoms with Crippen LogP contribution in [0.1, 0.15) is 42.9 Å². The lowest BCUT2D eigenvalue weighted by Gasteiger charge is -2.37. The molecule has 9 heteroatoms. The molecule has 3 N–H and O–H groups in total.